The second-order valence-corrected chi connectivity index (χ2v) is 3.69. The van der Waals surface area contributed by atoms with Crippen LogP contribution in [0.1, 0.15) is 18.1 Å². The van der Waals surface area contributed by atoms with Gasteiger partial charge in [-0.25, -0.2) is 0 Å². The van der Waals surface area contributed by atoms with E-state index in [1.54, 1.807) is 0 Å². The van der Waals surface area contributed by atoms with Crippen LogP contribution in [0.15, 0.2) is 30.3 Å². The average Bonchev–Trinajstić information content (AvgIpc) is 2.31. The summed E-state index contributed by atoms with van der Waals surface area (Å²) in [6, 6.07) is 10.2. The van der Waals surface area contributed by atoms with Crippen LogP contribution >= 0.6 is 0 Å². The van der Waals surface area contributed by atoms with E-state index in [-0.39, 0.29) is 12.2 Å². The smallest absolute Gasteiger partial charge is 0.109 e. The molecule has 0 saturated carbocycles. The molecule has 3 nitrogen and oxygen atoms in total. The van der Waals surface area contributed by atoms with E-state index in [0.29, 0.717) is 19.8 Å². The maximum Gasteiger partial charge on any atom is 0.109 e. The van der Waals surface area contributed by atoms with E-state index in [9.17, 15) is 0 Å². The van der Waals surface area contributed by atoms with E-state index >= 15 is 0 Å². The van der Waals surface area contributed by atoms with E-state index in [2.05, 4.69) is 12.1 Å². The summed E-state index contributed by atoms with van der Waals surface area (Å²) in [5.74, 6) is 0. The van der Waals surface area contributed by atoms with Gasteiger partial charge in [0.2, 0.25) is 0 Å². The normalized spacial score (nSPS) is 26.5. The molecule has 1 aromatic rings. The van der Waals surface area contributed by atoms with Gasteiger partial charge in [-0.05, 0) is 18.5 Å². The standard InChI is InChI=1S/C12H17NO2/c13-7-6-11-12(15-9-8-14-11)10-4-2-1-3-5-10/h1-5,11-12H,6-9,13H2. The topological polar surface area (TPSA) is 44.5 Å². The van der Waals surface area contributed by atoms with Gasteiger partial charge in [0.1, 0.15) is 6.10 Å². The Bertz CT molecular complexity index is 287. The molecule has 0 aromatic heterocycles. The molecule has 0 aliphatic carbocycles. The maximum atomic E-state index is 5.75. The Balaban J connectivity index is 2.11. The van der Waals surface area contributed by atoms with Crippen LogP contribution in [0.2, 0.25) is 0 Å². The van der Waals surface area contributed by atoms with Crippen molar-refractivity contribution in [2.24, 2.45) is 5.73 Å². The van der Waals surface area contributed by atoms with Crippen molar-refractivity contribution < 1.29 is 9.47 Å². The van der Waals surface area contributed by atoms with Gasteiger partial charge in [0, 0.05) is 0 Å². The van der Waals surface area contributed by atoms with Gasteiger partial charge < -0.3 is 15.2 Å². The van der Waals surface area contributed by atoms with E-state index in [1.165, 1.54) is 5.56 Å². The Morgan fingerprint density at radius 3 is 2.60 bits per heavy atom. The fraction of sp³-hybridized carbons (Fsp3) is 0.500. The van der Waals surface area contributed by atoms with Crippen LogP contribution in [0, 0.1) is 0 Å². The molecular formula is C12H17NO2. The summed E-state index contributed by atoms with van der Waals surface area (Å²) in [4.78, 5) is 0. The minimum Gasteiger partial charge on any atom is -0.373 e. The van der Waals surface area contributed by atoms with Crippen molar-refractivity contribution in [1.82, 2.24) is 0 Å². The SMILES string of the molecule is NCCC1OCCOC1c1ccccc1. The molecule has 1 heterocycles. The number of nitrogens with two attached hydrogens (primary N) is 1. The van der Waals surface area contributed by atoms with Gasteiger partial charge in [0.05, 0.1) is 19.3 Å². The van der Waals surface area contributed by atoms with Crippen molar-refractivity contribution in [3.05, 3.63) is 35.9 Å². The molecule has 1 fully saturated rings. The molecule has 0 radical (unpaired) electrons. The van der Waals surface area contributed by atoms with Crippen molar-refractivity contribution in [3.8, 4) is 0 Å². The number of rotatable bonds is 3. The zero-order valence-electron chi connectivity index (χ0n) is 8.76. The maximum absolute atomic E-state index is 5.75. The summed E-state index contributed by atoms with van der Waals surface area (Å²) in [5, 5.41) is 0. The van der Waals surface area contributed by atoms with Crippen LogP contribution in [0.5, 0.6) is 0 Å². The Kier molecular flexibility index (Phi) is 3.72. The second kappa shape index (κ2) is 5.26. The summed E-state index contributed by atoms with van der Waals surface area (Å²) in [6.45, 7) is 1.98. The molecule has 2 unspecified atom stereocenters. The lowest BCUT2D eigenvalue weighted by molar-refractivity contribution is -0.143. The average molecular weight is 207 g/mol. The van der Waals surface area contributed by atoms with E-state index in [0.717, 1.165) is 6.42 Å². The van der Waals surface area contributed by atoms with Gasteiger partial charge in [-0.2, -0.15) is 0 Å². The Hall–Kier alpha value is -0.900. The lowest BCUT2D eigenvalue weighted by atomic mass is 10.0. The number of hydrogen-bond acceptors (Lipinski definition) is 3. The van der Waals surface area contributed by atoms with Crippen LogP contribution in [0.25, 0.3) is 0 Å². The molecule has 82 valence electrons. The molecule has 2 rings (SSSR count). The highest BCUT2D eigenvalue weighted by atomic mass is 16.6. The third-order valence-corrected chi connectivity index (χ3v) is 2.63. The molecule has 0 spiro atoms. The molecule has 15 heavy (non-hydrogen) atoms. The van der Waals surface area contributed by atoms with E-state index < -0.39 is 0 Å². The molecule has 1 aromatic carbocycles. The van der Waals surface area contributed by atoms with Crippen LogP contribution < -0.4 is 5.73 Å². The third-order valence-electron chi connectivity index (χ3n) is 2.63. The fourth-order valence-electron chi connectivity index (χ4n) is 1.92. The van der Waals surface area contributed by atoms with E-state index in [4.69, 9.17) is 15.2 Å². The predicted octanol–water partition coefficient (Wildman–Crippen LogP) is 1.49. The summed E-state index contributed by atoms with van der Waals surface area (Å²) in [7, 11) is 0. The molecule has 3 heteroatoms. The Morgan fingerprint density at radius 2 is 1.87 bits per heavy atom. The molecule has 1 saturated heterocycles. The highest BCUT2D eigenvalue weighted by molar-refractivity contribution is 5.19. The van der Waals surface area contributed by atoms with Gasteiger partial charge in [-0.3, -0.25) is 0 Å². The van der Waals surface area contributed by atoms with E-state index in [1.807, 2.05) is 18.2 Å². The first kappa shape index (κ1) is 10.6. The largest absolute Gasteiger partial charge is 0.373 e. The van der Waals surface area contributed by atoms with Gasteiger partial charge >= 0.3 is 0 Å². The highest BCUT2D eigenvalue weighted by Gasteiger charge is 2.27. The lowest BCUT2D eigenvalue weighted by Gasteiger charge is -2.32. The summed E-state index contributed by atoms with van der Waals surface area (Å²) >= 11 is 0. The van der Waals surface area contributed by atoms with Crippen LogP contribution in [-0.4, -0.2) is 25.9 Å². The minimum atomic E-state index is 0.0449. The van der Waals surface area contributed by atoms with Crippen molar-refractivity contribution in [2.75, 3.05) is 19.8 Å². The van der Waals surface area contributed by atoms with Crippen molar-refractivity contribution in [2.45, 2.75) is 18.6 Å². The van der Waals surface area contributed by atoms with Gasteiger partial charge in [-0.1, -0.05) is 30.3 Å². The summed E-state index contributed by atoms with van der Waals surface area (Å²) < 4.78 is 11.4. The van der Waals surface area contributed by atoms with Crippen LogP contribution in [0.3, 0.4) is 0 Å². The van der Waals surface area contributed by atoms with Gasteiger partial charge in [-0.15, -0.1) is 0 Å². The first-order valence-electron chi connectivity index (χ1n) is 5.40. The highest BCUT2D eigenvalue weighted by Crippen LogP contribution is 2.27. The molecular weight excluding hydrogens is 190 g/mol. The first-order chi connectivity index (χ1) is 7.42. The number of hydrogen-bond donors (Lipinski definition) is 1. The summed E-state index contributed by atoms with van der Waals surface area (Å²) in [5.41, 5.74) is 6.74. The number of benzene rings is 1. The lowest BCUT2D eigenvalue weighted by Crippen LogP contribution is -2.33. The molecule has 2 N–H and O–H groups in total. The molecule has 0 amide bonds. The molecule has 1 aliphatic heterocycles. The Labute approximate surface area is 90.2 Å². The zero-order valence-corrected chi connectivity index (χ0v) is 8.76. The second-order valence-electron chi connectivity index (χ2n) is 3.69. The quantitative estimate of drug-likeness (QED) is 0.816. The molecule has 0 bridgehead atoms. The van der Waals surface area contributed by atoms with Crippen LogP contribution in [0.4, 0.5) is 0 Å². The third kappa shape index (κ3) is 2.56. The van der Waals surface area contributed by atoms with Crippen molar-refractivity contribution in [1.29, 1.82) is 0 Å². The van der Waals surface area contributed by atoms with Crippen molar-refractivity contribution >= 4 is 0 Å². The predicted molar refractivity (Wildman–Crippen MR) is 58.5 cm³/mol. The summed E-state index contributed by atoms with van der Waals surface area (Å²) in [6.07, 6.45) is 0.995. The van der Waals surface area contributed by atoms with Crippen molar-refractivity contribution in [3.63, 3.8) is 0 Å². The van der Waals surface area contributed by atoms with Gasteiger partial charge in [0.15, 0.2) is 0 Å². The molecule has 2 atom stereocenters. The first-order valence-corrected chi connectivity index (χ1v) is 5.40. The number of ether oxygens (including phenoxy) is 2. The fourth-order valence-corrected chi connectivity index (χ4v) is 1.92. The minimum absolute atomic E-state index is 0.0449. The van der Waals surface area contributed by atoms with Gasteiger partial charge in [0.25, 0.3) is 0 Å². The van der Waals surface area contributed by atoms with Crippen LogP contribution in [-0.2, 0) is 9.47 Å². The Morgan fingerprint density at radius 1 is 1.13 bits per heavy atom. The molecule has 1 aliphatic rings. The monoisotopic (exact) mass is 207 g/mol. The zero-order chi connectivity index (χ0) is 10.5.